The molecule has 8 heteroatoms. The van der Waals surface area contributed by atoms with Crippen LogP contribution in [-0.4, -0.2) is 56.9 Å². The number of rotatable bonds is 5. The van der Waals surface area contributed by atoms with E-state index in [1.54, 1.807) is 17.0 Å². The van der Waals surface area contributed by atoms with Crippen LogP contribution in [0.15, 0.2) is 47.4 Å². The Morgan fingerprint density at radius 2 is 1.80 bits per heavy atom. The standard InChI is InChI=1S/C22H26N2O5S/c1-28-18-9-10-20(29-2)21(14-18)30(26,27)24-12-5-8-19(24)22(25)23-13-11-16-6-3-4-7-17(16)15-23/h3-4,6-7,9-10,14,19H,5,8,11-13,15H2,1-2H3/t19-/m1/s1. The largest absolute Gasteiger partial charge is 0.497 e. The Morgan fingerprint density at radius 1 is 1.03 bits per heavy atom. The van der Waals surface area contributed by atoms with Crippen LogP contribution in [0, 0.1) is 0 Å². The fourth-order valence-electron chi connectivity index (χ4n) is 4.28. The first kappa shape index (κ1) is 20.7. The summed E-state index contributed by atoms with van der Waals surface area (Å²) in [6.07, 6.45) is 1.94. The van der Waals surface area contributed by atoms with Crippen LogP contribution in [0.4, 0.5) is 0 Å². The number of benzene rings is 2. The van der Waals surface area contributed by atoms with E-state index >= 15 is 0 Å². The second-order valence-corrected chi connectivity index (χ2v) is 9.43. The van der Waals surface area contributed by atoms with Gasteiger partial charge in [-0.2, -0.15) is 4.31 Å². The van der Waals surface area contributed by atoms with E-state index in [1.807, 2.05) is 18.2 Å². The number of nitrogens with zero attached hydrogens (tertiary/aromatic N) is 2. The Morgan fingerprint density at radius 3 is 2.53 bits per heavy atom. The minimum Gasteiger partial charge on any atom is -0.497 e. The third-order valence-electron chi connectivity index (χ3n) is 5.89. The number of hydrogen-bond acceptors (Lipinski definition) is 5. The SMILES string of the molecule is COc1ccc(OC)c(S(=O)(=O)N2CCC[C@@H]2C(=O)N2CCc3ccccc3C2)c1. The number of fused-ring (bicyclic) bond motifs is 1. The summed E-state index contributed by atoms with van der Waals surface area (Å²) in [5, 5.41) is 0. The van der Waals surface area contributed by atoms with Crippen molar-refractivity contribution >= 4 is 15.9 Å². The van der Waals surface area contributed by atoms with E-state index in [2.05, 4.69) is 6.07 Å². The van der Waals surface area contributed by atoms with Crippen LogP contribution in [0.2, 0.25) is 0 Å². The molecule has 0 spiro atoms. The first-order chi connectivity index (χ1) is 14.5. The van der Waals surface area contributed by atoms with Gasteiger partial charge in [0.15, 0.2) is 0 Å². The topological polar surface area (TPSA) is 76.1 Å². The van der Waals surface area contributed by atoms with Gasteiger partial charge in [0.05, 0.1) is 14.2 Å². The lowest BCUT2D eigenvalue weighted by Crippen LogP contribution is -2.49. The van der Waals surface area contributed by atoms with Crippen molar-refractivity contribution in [2.45, 2.75) is 36.7 Å². The first-order valence-corrected chi connectivity index (χ1v) is 11.5. The lowest BCUT2D eigenvalue weighted by atomic mass is 9.99. The van der Waals surface area contributed by atoms with Crippen molar-refractivity contribution in [1.29, 1.82) is 0 Å². The van der Waals surface area contributed by atoms with Gasteiger partial charge in [-0.25, -0.2) is 8.42 Å². The highest BCUT2D eigenvalue weighted by molar-refractivity contribution is 7.89. The molecule has 2 heterocycles. The molecule has 0 unspecified atom stereocenters. The molecule has 160 valence electrons. The van der Waals surface area contributed by atoms with Gasteiger partial charge in [0.1, 0.15) is 22.4 Å². The van der Waals surface area contributed by atoms with E-state index in [0.717, 1.165) is 12.0 Å². The van der Waals surface area contributed by atoms with Crippen LogP contribution in [0.25, 0.3) is 0 Å². The number of hydrogen-bond donors (Lipinski definition) is 0. The molecular weight excluding hydrogens is 404 g/mol. The van der Waals surface area contributed by atoms with Crippen molar-refractivity contribution in [3.8, 4) is 11.5 Å². The molecule has 0 aromatic heterocycles. The third-order valence-corrected chi connectivity index (χ3v) is 7.82. The highest BCUT2D eigenvalue weighted by Gasteiger charge is 2.42. The van der Waals surface area contributed by atoms with Gasteiger partial charge in [-0.15, -0.1) is 0 Å². The van der Waals surface area contributed by atoms with E-state index in [0.29, 0.717) is 38.2 Å². The van der Waals surface area contributed by atoms with Gasteiger partial charge in [0.25, 0.3) is 0 Å². The molecule has 4 rings (SSSR count). The average Bonchev–Trinajstić information content (AvgIpc) is 3.28. The van der Waals surface area contributed by atoms with Gasteiger partial charge in [-0.05, 0) is 42.5 Å². The predicted octanol–water partition coefficient (Wildman–Crippen LogP) is 2.44. The quantitative estimate of drug-likeness (QED) is 0.728. The summed E-state index contributed by atoms with van der Waals surface area (Å²) in [6, 6.07) is 12.0. The molecule has 0 saturated carbocycles. The van der Waals surface area contributed by atoms with Crippen LogP contribution in [0.5, 0.6) is 11.5 Å². The minimum absolute atomic E-state index is 0.0213. The normalized spacial score (nSPS) is 19.4. The highest BCUT2D eigenvalue weighted by atomic mass is 32.2. The van der Waals surface area contributed by atoms with E-state index in [-0.39, 0.29) is 16.6 Å². The third kappa shape index (κ3) is 3.65. The summed E-state index contributed by atoms with van der Waals surface area (Å²) < 4.78 is 38.8. The van der Waals surface area contributed by atoms with Crippen molar-refractivity contribution in [3.63, 3.8) is 0 Å². The lowest BCUT2D eigenvalue weighted by Gasteiger charge is -2.33. The van der Waals surface area contributed by atoms with Crippen molar-refractivity contribution in [2.24, 2.45) is 0 Å². The van der Waals surface area contributed by atoms with E-state index < -0.39 is 16.1 Å². The zero-order valence-electron chi connectivity index (χ0n) is 17.2. The maximum Gasteiger partial charge on any atom is 0.247 e. The molecule has 0 aliphatic carbocycles. The van der Waals surface area contributed by atoms with Crippen molar-refractivity contribution in [3.05, 3.63) is 53.6 Å². The first-order valence-electron chi connectivity index (χ1n) is 10.0. The molecule has 0 radical (unpaired) electrons. The smallest absolute Gasteiger partial charge is 0.247 e. The lowest BCUT2D eigenvalue weighted by molar-refractivity contribution is -0.135. The second kappa shape index (κ2) is 8.28. The monoisotopic (exact) mass is 430 g/mol. The van der Waals surface area contributed by atoms with Crippen LogP contribution < -0.4 is 9.47 Å². The van der Waals surface area contributed by atoms with Crippen LogP contribution in [-0.2, 0) is 27.8 Å². The minimum atomic E-state index is -3.93. The molecular formula is C22H26N2O5S. The fraction of sp³-hybridized carbons (Fsp3) is 0.409. The van der Waals surface area contributed by atoms with Crippen molar-refractivity contribution in [2.75, 3.05) is 27.3 Å². The van der Waals surface area contributed by atoms with Gasteiger partial charge in [-0.3, -0.25) is 4.79 Å². The van der Waals surface area contributed by atoms with Gasteiger partial charge in [-0.1, -0.05) is 24.3 Å². The summed E-state index contributed by atoms with van der Waals surface area (Å²) in [5.41, 5.74) is 2.37. The number of amides is 1. The summed E-state index contributed by atoms with van der Waals surface area (Å²) in [4.78, 5) is 15.1. The molecule has 1 atom stereocenters. The Labute approximate surface area is 177 Å². The average molecular weight is 431 g/mol. The predicted molar refractivity (Wildman–Crippen MR) is 112 cm³/mol. The number of carbonyl (C=O) groups excluding carboxylic acids is 1. The molecule has 2 aromatic rings. The molecule has 1 saturated heterocycles. The summed E-state index contributed by atoms with van der Waals surface area (Å²) in [5.74, 6) is 0.525. The number of ether oxygens (including phenoxy) is 2. The Kier molecular flexibility index (Phi) is 5.71. The number of sulfonamides is 1. The molecule has 2 aliphatic rings. The van der Waals surface area contributed by atoms with Crippen LogP contribution in [0.1, 0.15) is 24.0 Å². The fourth-order valence-corrected chi connectivity index (χ4v) is 6.10. The summed E-state index contributed by atoms with van der Waals surface area (Å²) >= 11 is 0. The molecule has 2 aliphatic heterocycles. The van der Waals surface area contributed by atoms with E-state index in [9.17, 15) is 13.2 Å². The zero-order chi connectivity index (χ0) is 21.3. The van der Waals surface area contributed by atoms with Crippen LogP contribution >= 0.6 is 0 Å². The summed E-state index contributed by atoms with van der Waals surface area (Å²) in [6.45, 7) is 1.42. The van der Waals surface area contributed by atoms with Crippen molar-refractivity contribution < 1.29 is 22.7 Å². The van der Waals surface area contributed by atoms with E-state index in [1.165, 1.54) is 30.2 Å². The summed E-state index contributed by atoms with van der Waals surface area (Å²) in [7, 11) is -1.02. The van der Waals surface area contributed by atoms with Gasteiger partial charge >= 0.3 is 0 Å². The highest BCUT2D eigenvalue weighted by Crippen LogP contribution is 2.35. The molecule has 30 heavy (non-hydrogen) atoms. The van der Waals surface area contributed by atoms with Gasteiger partial charge < -0.3 is 14.4 Å². The van der Waals surface area contributed by atoms with Gasteiger partial charge in [0.2, 0.25) is 15.9 Å². The molecule has 0 bridgehead atoms. The molecule has 1 amide bonds. The Balaban J connectivity index is 1.61. The molecule has 2 aromatic carbocycles. The maximum absolute atomic E-state index is 13.5. The number of methoxy groups -OCH3 is 2. The second-order valence-electron chi connectivity index (χ2n) is 7.57. The maximum atomic E-state index is 13.5. The van der Waals surface area contributed by atoms with E-state index in [4.69, 9.17) is 9.47 Å². The molecule has 0 N–H and O–H groups in total. The van der Waals surface area contributed by atoms with Crippen LogP contribution in [0.3, 0.4) is 0 Å². The van der Waals surface area contributed by atoms with Gasteiger partial charge in [0, 0.05) is 25.7 Å². The molecule has 1 fully saturated rings. The Hall–Kier alpha value is -2.58. The zero-order valence-corrected chi connectivity index (χ0v) is 18.0. The Bertz CT molecular complexity index is 1050. The number of carbonyl (C=O) groups is 1. The van der Waals surface area contributed by atoms with Crippen molar-refractivity contribution in [1.82, 2.24) is 9.21 Å². The molecule has 7 nitrogen and oxygen atoms in total.